The second kappa shape index (κ2) is 6.24. The summed E-state index contributed by atoms with van der Waals surface area (Å²) in [6.07, 6.45) is 4.60. The number of nitrogens with zero attached hydrogens (tertiary/aromatic N) is 2. The average Bonchev–Trinajstić information content (AvgIpc) is 2.98. The zero-order chi connectivity index (χ0) is 17.4. The lowest BCUT2D eigenvalue weighted by atomic mass is 9.94. The Labute approximate surface area is 143 Å². The zero-order valence-electron chi connectivity index (χ0n) is 14.9. The van der Waals surface area contributed by atoms with Crippen molar-refractivity contribution in [1.82, 2.24) is 4.98 Å². The molecule has 132 valence electrons. The fraction of sp³-hybridized carbons (Fsp3) is 0.667. The minimum absolute atomic E-state index is 0.0856. The molecule has 2 heterocycles. The quantitative estimate of drug-likeness (QED) is 0.792. The van der Waals surface area contributed by atoms with Gasteiger partial charge in [-0.3, -0.25) is 0 Å². The van der Waals surface area contributed by atoms with E-state index in [1.807, 2.05) is 6.07 Å². The first-order valence-corrected chi connectivity index (χ1v) is 8.47. The Morgan fingerprint density at radius 3 is 2.54 bits per heavy atom. The van der Waals surface area contributed by atoms with E-state index in [4.69, 9.17) is 14.2 Å². The average molecular weight is 334 g/mol. The number of carbonyl (C=O) groups excluding carboxylic acids is 1. The fourth-order valence-electron chi connectivity index (χ4n) is 3.98. The van der Waals surface area contributed by atoms with Crippen molar-refractivity contribution in [2.75, 3.05) is 32.2 Å². The highest BCUT2D eigenvalue weighted by Gasteiger charge is 2.46. The van der Waals surface area contributed by atoms with Crippen molar-refractivity contribution >= 4 is 11.8 Å². The lowest BCUT2D eigenvalue weighted by Gasteiger charge is -2.49. The lowest BCUT2D eigenvalue weighted by molar-refractivity contribution is -0.148. The molecule has 0 amide bonds. The minimum atomic E-state index is -0.444. The molecule has 1 aromatic rings. The van der Waals surface area contributed by atoms with Crippen LogP contribution in [0.2, 0.25) is 0 Å². The maximum absolute atomic E-state index is 11.8. The predicted molar refractivity (Wildman–Crippen MR) is 90.7 cm³/mol. The number of hydrogen-bond acceptors (Lipinski definition) is 6. The van der Waals surface area contributed by atoms with Crippen LogP contribution in [0.1, 0.15) is 49.9 Å². The maximum Gasteiger partial charge on any atom is 0.343 e. The summed E-state index contributed by atoms with van der Waals surface area (Å²) in [5, 5.41) is 0. The number of carbonyl (C=O) groups is 1. The van der Waals surface area contributed by atoms with E-state index in [9.17, 15) is 4.79 Å². The van der Waals surface area contributed by atoms with Crippen molar-refractivity contribution in [1.29, 1.82) is 0 Å². The van der Waals surface area contributed by atoms with Gasteiger partial charge in [-0.25, -0.2) is 4.79 Å². The number of methoxy groups -OCH3 is 2. The molecule has 1 aliphatic heterocycles. The van der Waals surface area contributed by atoms with E-state index in [0.717, 1.165) is 31.7 Å². The van der Waals surface area contributed by atoms with Gasteiger partial charge in [0, 0.05) is 13.1 Å². The summed E-state index contributed by atoms with van der Waals surface area (Å²) in [6, 6.07) is 3.58. The third kappa shape index (κ3) is 3.20. The Kier molecular flexibility index (Phi) is 4.42. The number of esters is 1. The molecule has 2 fully saturated rings. The Bertz CT molecular complexity index is 623. The Morgan fingerprint density at radius 1 is 1.21 bits per heavy atom. The van der Waals surface area contributed by atoms with Gasteiger partial charge >= 0.3 is 5.97 Å². The monoisotopic (exact) mass is 334 g/mol. The number of rotatable bonds is 3. The topological polar surface area (TPSA) is 60.9 Å². The first-order valence-electron chi connectivity index (χ1n) is 8.47. The third-order valence-corrected chi connectivity index (χ3v) is 4.83. The fourth-order valence-corrected chi connectivity index (χ4v) is 3.98. The first kappa shape index (κ1) is 17.0. The molecule has 24 heavy (non-hydrogen) atoms. The number of anilines is 1. The maximum atomic E-state index is 11.8. The molecule has 0 unspecified atom stereocenters. The molecule has 0 atom stereocenters. The second-order valence-corrected chi connectivity index (χ2v) is 7.33. The van der Waals surface area contributed by atoms with Crippen molar-refractivity contribution in [3.63, 3.8) is 0 Å². The molecule has 6 nitrogen and oxygen atoms in total. The molecule has 1 saturated heterocycles. The number of pyridine rings is 1. The Hall–Kier alpha value is -1.82. The molecule has 0 aromatic carbocycles. The van der Waals surface area contributed by atoms with Gasteiger partial charge in [-0.15, -0.1) is 0 Å². The summed E-state index contributed by atoms with van der Waals surface area (Å²) >= 11 is 0. The van der Waals surface area contributed by atoms with Gasteiger partial charge in [-0.1, -0.05) is 12.8 Å². The van der Waals surface area contributed by atoms with E-state index >= 15 is 0 Å². The van der Waals surface area contributed by atoms with Crippen molar-refractivity contribution in [2.24, 2.45) is 0 Å². The summed E-state index contributed by atoms with van der Waals surface area (Å²) in [5.74, 6) is 0.659. The van der Waals surface area contributed by atoms with Crippen LogP contribution in [0.25, 0.3) is 0 Å². The van der Waals surface area contributed by atoms with Crippen LogP contribution in [0.4, 0.5) is 5.82 Å². The Balaban J connectivity index is 1.91. The van der Waals surface area contributed by atoms with E-state index in [1.54, 1.807) is 6.07 Å². The van der Waals surface area contributed by atoms with Gasteiger partial charge in [0.15, 0.2) is 0 Å². The van der Waals surface area contributed by atoms with E-state index in [-0.39, 0.29) is 11.2 Å². The van der Waals surface area contributed by atoms with Gasteiger partial charge in [-0.2, -0.15) is 4.98 Å². The van der Waals surface area contributed by atoms with Crippen molar-refractivity contribution in [3.05, 3.63) is 17.7 Å². The van der Waals surface area contributed by atoms with Crippen LogP contribution in [-0.4, -0.2) is 49.5 Å². The molecule has 2 aliphatic rings. The third-order valence-electron chi connectivity index (χ3n) is 4.83. The van der Waals surface area contributed by atoms with Gasteiger partial charge in [0.1, 0.15) is 11.4 Å². The van der Waals surface area contributed by atoms with Crippen LogP contribution in [0.3, 0.4) is 0 Å². The van der Waals surface area contributed by atoms with Crippen LogP contribution in [0.15, 0.2) is 12.1 Å². The number of hydrogen-bond donors (Lipinski definition) is 0. The first-order chi connectivity index (χ1) is 11.4. The molecular formula is C18H26N2O4. The van der Waals surface area contributed by atoms with E-state index in [1.165, 1.54) is 27.1 Å². The zero-order valence-corrected chi connectivity index (χ0v) is 14.9. The van der Waals surface area contributed by atoms with Crippen LogP contribution in [0, 0.1) is 0 Å². The van der Waals surface area contributed by atoms with Crippen molar-refractivity contribution in [2.45, 2.75) is 50.7 Å². The number of morpholine rings is 1. The summed E-state index contributed by atoms with van der Waals surface area (Å²) in [6.45, 7) is 5.82. The molecule has 0 N–H and O–H groups in total. The SMILES string of the molecule is COC(=O)c1ccc(N2CC(C)(C)OC3(CCCC3)C2)nc1OC. The van der Waals surface area contributed by atoms with Crippen LogP contribution >= 0.6 is 0 Å². The largest absolute Gasteiger partial charge is 0.480 e. The van der Waals surface area contributed by atoms with Crippen molar-refractivity contribution < 1.29 is 19.0 Å². The summed E-state index contributed by atoms with van der Waals surface area (Å²) in [5.41, 5.74) is 0.0165. The molecule has 1 spiro atoms. The van der Waals surface area contributed by atoms with Gasteiger partial charge in [0.25, 0.3) is 0 Å². The smallest absolute Gasteiger partial charge is 0.343 e. The standard InChI is InChI=1S/C18H26N2O4/c1-17(2)11-20(12-18(24-17)9-5-6-10-18)14-8-7-13(16(21)23-4)15(19-14)22-3/h7-8H,5-6,9-12H2,1-4H3. The van der Waals surface area contributed by atoms with Crippen LogP contribution in [-0.2, 0) is 9.47 Å². The van der Waals surface area contributed by atoms with Crippen molar-refractivity contribution in [3.8, 4) is 5.88 Å². The molecule has 1 aromatic heterocycles. The van der Waals surface area contributed by atoms with Crippen LogP contribution in [0.5, 0.6) is 5.88 Å². The molecule has 6 heteroatoms. The molecule has 0 radical (unpaired) electrons. The summed E-state index contributed by atoms with van der Waals surface area (Å²) in [7, 11) is 2.87. The van der Waals surface area contributed by atoms with Gasteiger partial charge < -0.3 is 19.1 Å². The highest BCUT2D eigenvalue weighted by molar-refractivity contribution is 5.92. The minimum Gasteiger partial charge on any atom is -0.480 e. The van der Waals surface area contributed by atoms with E-state index in [2.05, 4.69) is 23.7 Å². The Morgan fingerprint density at radius 2 is 1.92 bits per heavy atom. The van der Waals surface area contributed by atoms with Gasteiger partial charge in [-0.05, 0) is 38.8 Å². The lowest BCUT2D eigenvalue weighted by Crippen LogP contribution is -2.59. The predicted octanol–water partition coefficient (Wildman–Crippen LogP) is 2.80. The van der Waals surface area contributed by atoms with Gasteiger partial charge in [0.05, 0.1) is 25.4 Å². The second-order valence-electron chi connectivity index (χ2n) is 7.33. The molecule has 1 saturated carbocycles. The highest BCUT2D eigenvalue weighted by Crippen LogP contribution is 2.41. The number of aromatic nitrogens is 1. The number of ether oxygens (including phenoxy) is 3. The molecule has 1 aliphatic carbocycles. The molecule has 0 bridgehead atoms. The highest BCUT2D eigenvalue weighted by atomic mass is 16.5. The van der Waals surface area contributed by atoms with Crippen LogP contribution < -0.4 is 9.64 Å². The van der Waals surface area contributed by atoms with E-state index in [0.29, 0.717) is 11.4 Å². The van der Waals surface area contributed by atoms with E-state index < -0.39 is 5.97 Å². The summed E-state index contributed by atoms with van der Waals surface area (Å²) in [4.78, 5) is 18.6. The molecular weight excluding hydrogens is 308 g/mol. The summed E-state index contributed by atoms with van der Waals surface area (Å²) < 4.78 is 16.5. The normalized spacial score (nSPS) is 21.8. The van der Waals surface area contributed by atoms with Gasteiger partial charge in [0.2, 0.25) is 5.88 Å². The molecule has 3 rings (SSSR count).